The number of phenolic OH excluding ortho intramolecular Hbond substituents is 1. The van der Waals surface area contributed by atoms with Crippen LogP contribution in [-0.4, -0.2) is 16.0 Å². The first-order valence-corrected chi connectivity index (χ1v) is 5.07. The summed E-state index contributed by atoms with van der Waals surface area (Å²) in [6, 6.07) is 6.19. The van der Waals surface area contributed by atoms with Crippen LogP contribution in [0.5, 0.6) is 5.75 Å². The van der Waals surface area contributed by atoms with Crippen LogP contribution in [0.25, 0.3) is 0 Å². The van der Waals surface area contributed by atoms with Crippen LogP contribution < -0.4 is 0 Å². The van der Waals surface area contributed by atoms with Crippen molar-refractivity contribution < 1.29 is 15.0 Å². The first-order chi connectivity index (χ1) is 7.66. The third-order valence-corrected chi connectivity index (χ3v) is 2.57. The van der Waals surface area contributed by atoms with Crippen molar-refractivity contribution >= 4 is 5.78 Å². The third kappa shape index (κ3) is 2.14. The number of carbonyl (C=O) groups is 1. The van der Waals surface area contributed by atoms with Gasteiger partial charge in [-0.25, -0.2) is 0 Å². The smallest absolute Gasteiger partial charge is 0.170 e. The van der Waals surface area contributed by atoms with Gasteiger partial charge in [0.2, 0.25) is 0 Å². The molecule has 1 unspecified atom stereocenters. The van der Waals surface area contributed by atoms with E-state index in [9.17, 15) is 4.79 Å². The number of hydrogen-bond donors (Lipinski definition) is 2. The summed E-state index contributed by atoms with van der Waals surface area (Å²) in [5, 5.41) is 18.3. The first kappa shape index (κ1) is 10.5. The summed E-state index contributed by atoms with van der Waals surface area (Å²) in [5.41, 5.74) is 0.572. The highest BCUT2D eigenvalue weighted by molar-refractivity contribution is 5.99. The van der Waals surface area contributed by atoms with Gasteiger partial charge in [0.15, 0.2) is 5.78 Å². The molecule has 3 heteroatoms. The Morgan fingerprint density at radius 2 is 1.88 bits per heavy atom. The number of carbonyl (C=O) groups excluding carboxylic acids is 1. The lowest BCUT2D eigenvalue weighted by Crippen LogP contribution is -2.13. The Hall–Kier alpha value is -2.03. The van der Waals surface area contributed by atoms with Crippen LogP contribution in [-0.2, 0) is 0 Å². The van der Waals surface area contributed by atoms with Gasteiger partial charge < -0.3 is 10.2 Å². The normalized spacial score (nSPS) is 19.2. The standard InChI is InChI=1S/C13H12O3/c14-11-5-1-9(2-6-11)13(16)10-3-7-12(15)8-4-10/h1-3,5-8,10,14-15H,4H2. The van der Waals surface area contributed by atoms with Crippen LogP contribution in [0.4, 0.5) is 0 Å². The number of aliphatic hydroxyl groups excluding tert-OH is 1. The number of Topliss-reactive ketones (excluding diaryl/α,β-unsaturated/α-hetero) is 1. The molecule has 0 saturated carbocycles. The summed E-state index contributed by atoms with van der Waals surface area (Å²) < 4.78 is 0. The average Bonchev–Trinajstić information content (AvgIpc) is 2.30. The van der Waals surface area contributed by atoms with E-state index in [1.807, 2.05) is 0 Å². The van der Waals surface area contributed by atoms with Gasteiger partial charge in [0, 0.05) is 11.5 Å². The fraction of sp³-hybridized carbons (Fsp3) is 0.154. The van der Waals surface area contributed by atoms with Crippen molar-refractivity contribution in [3.8, 4) is 5.75 Å². The van der Waals surface area contributed by atoms with Gasteiger partial charge >= 0.3 is 0 Å². The van der Waals surface area contributed by atoms with Gasteiger partial charge in [-0.1, -0.05) is 6.08 Å². The van der Waals surface area contributed by atoms with Gasteiger partial charge in [-0.2, -0.15) is 0 Å². The molecule has 3 nitrogen and oxygen atoms in total. The maximum absolute atomic E-state index is 12.0. The molecule has 1 aliphatic carbocycles. The minimum atomic E-state index is -0.222. The predicted octanol–water partition coefficient (Wildman–Crippen LogP) is 2.59. The molecule has 2 N–H and O–H groups in total. The lowest BCUT2D eigenvalue weighted by Gasteiger charge is -2.12. The molecule has 1 aromatic carbocycles. The van der Waals surface area contributed by atoms with Crippen LogP contribution in [0.3, 0.4) is 0 Å². The Labute approximate surface area is 93.4 Å². The number of aliphatic hydroxyl groups is 1. The van der Waals surface area contributed by atoms with Gasteiger partial charge in [-0.3, -0.25) is 4.79 Å². The largest absolute Gasteiger partial charge is 0.508 e. The number of rotatable bonds is 2. The molecule has 1 aromatic rings. The van der Waals surface area contributed by atoms with Gasteiger partial charge in [0.05, 0.1) is 0 Å². The van der Waals surface area contributed by atoms with Crippen LogP contribution in [0.2, 0.25) is 0 Å². The number of aromatic hydroxyl groups is 1. The number of allylic oxidation sites excluding steroid dienone is 3. The lowest BCUT2D eigenvalue weighted by molar-refractivity contribution is 0.0945. The van der Waals surface area contributed by atoms with Crippen molar-refractivity contribution in [2.24, 2.45) is 5.92 Å². The number of ketones is 1. The predicted molar refractivity (Wildman–Crippen MR) is 60.4 cm³/mol. The first-order valence-electron chi connectivity index (χ1n) is 5.07. The second kappa shape index (κ2) is 4.23. The van der Waals surface area contributed by atoms with Gasteiger partial charge in [-0.05, 0) is 42.8 Å². The van der Waals surface area contributed by atoms with Crippen molar-refractivity contribution in [2.75, 3.05) is 0 Å². The molecule has 0 aromatic heterocycles. The van der Waals surface area contributed by atoms with Crippen LogP contribution in [0.1, 0.15) is 16.8 Å². The van der Waals surface area contributed by atoms with Crippen molar-refractivity contribution in [3.63, 3.8) is 0 Å². The molecule has 16 heavy (non-hydrogen) atoms. The van der Waals surface area contributed by atoms with E-state index >= 15 is 0 Å². The number of hydrogen-bond acceptors (Lipinski definition) is 3. The molecular weight excluding hydrogens is 204 g/mol. The molecule has 1 aliphatic rings. The Balaban J connectivity index is 2.15. The fourth-order valence-electron chi connectivity index (χ4n) is 1.64. The summed E-state index contributed by atoms with van der Waals surface area (Å²) in [5.74, 6) is 0.128. The lowest BCUT2D eigenvalue weighted by atomic mass is 9.91. The quantitative estimate of drug-likeness (QED) is 0.747. The second-order valence-electron chi connectivity index (χ2n) is 3.74. The molecule has 0 aliphatic heterocycles. The van der Waals surface area contributed by atoms with E-state index in [0.29, 0.717) is 12.0 Å². The summed E-state index contributed by atoms with van der Waals surface area (Å²) >= 11 is 0. The molecule has 0 amide bonds. The fourth-order valence-corrected chi connectivity index (χ4v) is 1.64. The zero-order valence-corrected chi connectivity index (χ0v) is 8.63. The Morgan fingerprint density at radius 1 is 1.19 bits per heavy atom. The minimum absolute atomic E-state index is 0.000000000000000666. The van der Waals surface area contributed by atoms with Crippen LogP contribution in [0, 0.1) is 5.92 Å². The molecule has 0 spiro atoms. The topological polar surface area (TPSA) is 57.5 Å². The average molecular weight is 216 g/mol. The van der Waals surface area contributed by atoms with Crippen molar-refractivity contribution in [1.29, 1.82) is 0 Å². The zero-order valence-electron chi connectivity index (χ0n) is 8.63. The van der Waals surface area contributed by atoms with Crippen molar-refractivity contribution in [1.82, 2.24) is 0 Å². The summed E-state index contributed by atoms with van der Waals surface area (Å²) in [7, 11) is 0. The molecule has 1 atom stereocenters. The Morgan fingerprint density at radius 3 is 2.44 bits per heavy atom. The summed E-state index contributed by atoms with van der Waals surface area (Å²) in [6.07, 6.45) is 5.38. The van der Waals surface area contributed by atoms with Crippen molar-refractivity contribution in [2.45, 2.75) is 6.42 Å². The zero-order chi connectivity index (χ0) is 11.5. The summed E-state index contributed by atoms with van der Waals surface area (Å²) in [6.45, 7) is 0. The number of phenols is 1. The van der Waals surface area contributed by atoms with E-state index in [-0.39, 0.29) is 23.2 Å². The highest BCUT2D eigenvalue weighted by atomic mass is 16.3. The minimum Gasteiger partial charge on any atom is -0.508 e. The van der Waals surface area contributed by atoms with E-state index in [2.05, 4.69) is 0 Å². The molecule has 0 fully saturated rings. The van der Waals surface area contributed by atoms with E-state index in [1.165, 1.54) is 18.2 Å². The molecule has 0 heterocycles. The van der Waals surface area contributed by atoms with Gasteiger partial charge in [0.1, 0.15) is 11.5 Å². The highest BCUT2D eigenvalue weighted by Crippen LogP contribution is 2.21. The third-order valence-electron chi connectivity index (χ3n) is 2.57. The van der Waals surface area contributed by atoms with Crippen molar-refractivity contribution in [3.05, 3.63) is 53.8 Å². The second-order valence-corrected chi connectivity index (χ2v) is 3.74. The monoisotopic (exact) mass is 216 g/mol. The van der Waals surface area contributed by atoms with Crippen LogP contribution >= 0.6 is 0 Å². The molecular formula is C13H12O3. The molecule has 0 bridgehead atoms. The van der Waals surface area contributed by atoms with Gasteiger partial charge in [-0.15, -0.1) is 0 Å². The summed E-state index contributed by atoms with van der Waals surface area (Å²) in [4.78, 5) is 12.0. The van der Waals surface area contributed by atoms with E-state index in [1.54, 1.807) is 24.3 Å². The van der Waals surface area contributed by atoms with E-state index in [4.69, 9.17) is 10.2 Å². The molecule has 2 rings (SSSR count). The highest BCUT2D eigenvalue weighted by Gasteiger charge is 2.18. The Kier molecular flexibility index (Phi) is 2.77. The molecule has 0 saturated heterocycles. The molecule has 0 radical (unpaired) electrons. The van der Waals surface area contributed by atoms with E-state index in [0.717, 1.165) is 0 Å². The maximum atomic E-state index is 12.0. The molecule has 82 valence electrons. The Bertz CT molecular complexity index is 455. The van der Waals surface area contributed by atoms with E-state index < -0.39 is 0 Å². The SMILES string of the molecule is O=C(c1ccc(O)cc1)C1C=CC(O)=CC1. The van der Waals surface area contributed by atoms with Gasteiger partial charge in [0.25, 0.3) is 0 Å². The number of benzene rings is 1. The van der Waals surface area contributed by atoms with Crippen LogP contribution in [0.15, 0.2) is 48.3 Å². The maximum Gasteiger partial charge on any atom is 0.170 e.